The van der Waals surface area contributed by atoms with Crippen LogP contribution in [0.2, 0.25) is 5.02 Å². The summed E-state index contributed by atoms with van der Waals surface area (Å²) < 4.78 is 38.5. The van der Waals surface area contributed by atoms with E-state index < -0.39 is 42.7 Å². The van der Waals surface area contributed by atoms with Crippen molar-refractivity contribution in [2.24, 2.45) is 0 Å². The number of amides is 2. The van der Waals surface area contributed by atoms with Crippen LogP contribution in [0.3, 0.4) is 0 Å². The maximum absolute atomic E-state index is 12.8. The molecule has 1 heterocycles. The minimum Gasteiger partial charge on any atom is -0.465 e. The number of carbonyl (C=O) groups excluding carboxylic acids is 1. The fraction of sp³-hybridized carbons (Fsp3) is 0.467. The van der Waals surface area contributed by atoms with Crippen LogP contribution in [0.5, 0.6) is 0 Å². The quantitative estimate of drug-likeness (QED) is 0.865. The van der Waals surface area contributed by atoms with Gasteiger partial charge >= 0.3 is 12.3 Å². The van der Waals surface area contributed by atoms with Crippen molar-refractivity contribution in [1.82, 2.24) is 10.2 Å². The average Bonchev–Trinajstić information content (AvgIpc) is 2.45. The predicted octanol–water partition coefficient (Wildman–Crippen LogP) is 3.24. The van der Waals surface area contributed by atoms with Crippen molar-refractivity contribution in [3.8, 4) is 0 Å². The molecular weight excluding hydrogens is 349 g/mol. The number of alkyl halides is 3. The summed E-state index contributed by atoms with van der Waals surface area (Å²) in [6.45, 7) is 0.0913. The lowest BCUT2D eigenvalue weighted by Crippen LogP contribution is -2.59. The van der Waals surface area contributed by atoms with Crippen molar-refractivity contribution < 1.29 is 27.9 Å². The number of piperidine rings is 1. The van der Waals surface area contributed by atoms with Crippen LogP contribution in [0.25, 0.3) is 0 Å². The van der Waals surface area contributed by atoms with Crippen molar-refractivity contribution in [3.05, 3.63) is 34.9 Å². The SMILES string of the molecule is C[C@H]1[C@@H](c2cccc(Cl)c2)C[C@@H](NC(=O)O)C(=O)N1CC(F)(F)F. The number of likely N-dealkylation sites (tertiary alicyclic amines) is 1. The van der Waals surface area contributed by atoms with Crippen LogP contribution in [0.15, 0.2) is 24.3 Å². The summed E-state index contributed by atoms with van der Waals surface area (Å²) in [5.41, 5.74) is 0.659. The standard InChI is InChI=1S/C15H16ClF3N2O3/c1-8-11(9-3-2-4-10(16)5-9)6-12(20-14(23)24)13(22)21(8)7-15(17,18)19/h2-5,8,11-12,20H,6-7H2,1H3,(H,23,24)/t8-,11-,12+/m0/s1. The molecular formula is C15H16ClF3N2O3. The molecule has 3 atom stereocenters. The first kappa shape index (κ1) is 18.4. The first-order valence-electron chi connectivity index (χ1n) is 7.20. The molecule has 2 amide bonds. The number of hydrogen-bond acceptors (Lipinski definition) is 2. The van der Waals surface area contributed by atoms with Crippen molar-refractivity contribution in [2.45, 2.75) is 37.5 Å². The molecule has 2 rings (SSSR count). The van der Waals surface area contributed by atoms with E-state index in [-0.39, 0.29) is 6.42 Å². The second-order valence-electron chi connectivity index (χ2n) is 5.72. The molecule has 132 valence electrons. The second-order valence-corrected chi connectivity index (χ2v) is 6.16. The normalized spacial score (nSPS) is 24.8. The molecule has 1 saturated heterocycles. The Bertz CT molecular complexity index is 639. The minimum atomic E-state index is -4.58. The summed E-state index contributed by atoms with van der Waals surface area (Å²) in [5, 5.41) is 11.3. The van der Waals surface area contributed by atoms with E-state index in [0.29, 0.717) is 15.5 Å². The molecule has 0 unspecified atom stereocenters. The molecule has 2 N–H and O–H groups in total. The molecule has 5 nitrogen and oxygen atoms in total. The number of halogens is 4. The molecule has 0 saturated carbocycles. The van der Waals surface area contributed by atoms with Crippen LogP contribution in [0, 0.1) is 0 Å². The smallest absolute Gasteiger partial charge is 0.406 e. The van der Waals surface area contributed by atoms with Gasteiger partial charge in [0, 0.05) is 17.0 Å². The highest BCUT2D eigenvalue weighted by atomic mass is 35.5. The van der Waals surface area contributed by atoms with Gasteiger partial charge in [0.05, 0.1) is 0 Å². The summed E-state index contributed by atoms with van der Waals surface area (Å²) >= 11 is 5.93. The molecule has 1 fully saturated rings. The van der Waals surface area contributed by atoms with Gasteiger partial charge in [-0.1, -0.05) is 23.7 Å². The van der Waals surface area contributed by atoms with Crippen LogP contribution in [0.1, 0.15) is 24.8 Å². The number of nitrogens with one attached hydrogen (secondary N) is 1. The monoisotopic (exact) mass is 364 g/mol. The number of carboxylic acid groups (broad SMARTS) is 1. The molecule has 1 aliphatic heterocycles. The zero-order valence-electron chi connectivity index (χ0n) is 12.7. The van der Waals surface area contributed by atoms with Gasteiger partial charge in [0.25, 0.3) is 0 Å². The Balaban J connectivity index is 2.36. The molecule has 0 radical (unpaired) electrons. The third-order valence-electron chi connectivity index (χ3n) is 4.07. The topological polar surface area (TPSA) is 69.6 Å². The lowest BCUT2D eigenvalue weighted by molar-refractivity contribution is -0.170. The number of carbonyl (C=O) groups is 2. The predicted molar refractivity (Wildman–Crippen MR) is 81.0 cm³/mol. The Labute approximate surface area is 141 Å². The minimum absolute atomic E-state index is 0.0704. The van der Waals surface area contributed by atoms with Gasteiger partial charge in [-0.3, -0.25) is 4.79 Å². The van der Waals surface area contributed by atoms with E-state index in [2.05, 4.69) is 0 Å². The largest absolute Gasteiger partial charge is 0.465 e. The van der Waals surface area contributed by atoms with Crippen LogP contribution in [0.4, 0.5) is 18.0 Å². The van der Waals surface area contributed by atoms with Crippen LogP contribution >= 0.6 is 11.6 Å². The first-order chi connectivity index (χ1) is 11.1. The van der Waals surface area contributed by atoms with Crippen molar-refractivity contribution in [3.63, 3.8) is 0 Å². The Morgan fingerprint density at radius 2 is 2.12 bits per heavy atom. The van der Waals surface area contributed by atoms with Crippen LogP contribution in [-0.2, 0) is 4.79 Å². The molecule has 24 heavy (non-hydrogen) atoms. The van der Waals surface area contributed by atoms with Crippen LogP contribution in [-0.4, -0.2) is 46.8 Å². The molecule has 1 aliphatic rings. The second kappa shape index (κ2) is 6.88. The van der Waals surface area contributed by atoms with Gasteiger partial charge in [-0.2, -0.15) is 13.2 Å². The molecule has 1 aromatic rings. The summed E-state index contributed by atoms with van der Waals surface area (Å²) in [6.07, 6.45) is -5.96. The molecule has 0 aromatic heterocycles. The van der Waals surface area contributed by atoms with Gasteiger partial charge in [0.15, 0.2) is 0 Å². The maximum atomic E-state index is 12.8. The number of benzene rings is 1. The average molecular weight is 365 g/mol. The van der Waals surface area contributed by atoms with E-state index in [0.717, 1.165) is 0 Å². The maximum Gasteiger partial charge on any atom is 0.406 e. The van der Waals surface area contributed by atoms with Gasteiger partial charge in [-0.25, -0.2) is 4.79 Å². The fourth-order valence-electron chi connectivity index (χ4n) is 3.01. The van der Waals surface area contributed by atoms with Gasteiger partial charge in [-0.15, -0.1) is 0 Å². The number of hydrogen-bond donors (Lipinski definition) is 2. The first-order valence-corrected chi connectivity index (χ1v) is 7.58. The van der Waals surface area contributed by atoms with E-state index in [1.54, 1.807) is 24.3 Å². The van der Waals surface area contributed by atoms with E-state index in [9.17, 15) is 22.8 Å². The highest BCUT2D eigenvalue weighted by Gasteiger charge is 2.45. The zero-order chi connectivity index (χ0) is 18.1. The molecule has 0 aliphatic carbocycles. The van der Waals surface area contributed by atoms with Gasteiger partial charge in [-0.05, 0) is 31.0 Å². The van der Waals surface area contributed by atoms with E-state index in [4.69, 9.17) is 16.7 Å². The van der Waals surface area contributed by atoms with E-state index >= 15 is 0 Å². The number of rotatable bonds is 3. The Kier molecular flexibility index (Phi) is 5.27. The fourth-order valence-corrected chi connectivity index (χ4v) is 3.21. The van der Waals surface area contributed by atoms with E-state index in [1.807, 2.05) is 5.32 Å². The zero-order valence-corrected chi connectivity index (χ0v) is 13.4. The van der Waals surface area contributed by atoms with Gasteiger partial charge in [0.2, 0.25) is 5.91 Å². The summed E-state index contributed by atoms with van der Waals surface area (Å²) in [4.78, 5) is 23.8. The number of nitrogens with zero attached hydrogens (tertiary/aromatic N) is 1. The molecule has 0 spiro atoms. The van der Waals surface area contributed by atoms with Gasteiger partial charge < -0.3 is 15.3 Å². The third kappa shape index (κ3) is 4.31. The Morgan fingerprint density at radius 1 is 1.46 bits per heavy atom. The molecule has 0 bridgehead atoms. The summed E-state index contributed by atoms with van der Waals surface area (Å²) in [5.74, 6) is -1.35. The van der Waals surface area contributed by atoms with E-state index in [1.165, 1.54) is 6.92 Å². The highest BCUT2D eigenvalue weighted by molar-refractivity contribution is 6.30. The van der Waals surface area contributed by atoms with Crippen molar-refractivity contribution >= 4 is 23.6 Å². The van der Waals surface area contributed by atoms with Crippen LogP contribution < -0.4 is 5.32 Å². The summed E-state index contributed by atoms with van der Waals surface area (Å²) in [7, 11) is 0. The lowest BCUT2D eigenvalue weighted by atomic mass is 9.82. The molecule has 9 heteroatoms. The highest BCUT2D eigenvalue weighted by Crippen LogP contribution is 2.35. The summed E-state index contributed by atoms with van der Waals surface area (Å²) in [6, 6.07) is 4.63. The Hall–Kier alpha value is -1.96. The lowest BCUT2D eigenvalue weighted by Gasteiger charge is -2.43. The molecule has 1 aromatic carbocycles. The van der Waals surface area contributed by atoms with Crippen molar-refractivity contribution in [2.75, 3.05) is 6.54 Å². The third-order valence-corrected chi connectivity index (χ3v) is 4.30. The van der Waals surface area contributed by atoms with Crippen molar-refractivity contribution in [1.29, 1.82) is 0 Å². The van der Waals surface area contributed by atoms with Gasteiger partial charge in [0.1, 0.15) is 12.6 Å². The Morgan fingerprint density at radius 3 is 2.67 bits per heavy atom.